The zero-order valence-electron chi connectivity index (χ0n) is 13.9. The molecule has 1 amide bonds. The number of carbonyl (C=O) groups is 1. The summed E-state index contributed by atoms with van der Waals surface area (Å²) in [5.41, 5.74) is 2.30. The van der Waals surface area contributed by atoms with Crippen LogP contribution >= 0.6 is 0 Å². The van der Waals surface area contributed by atoms with Crippen molar-refractivity contribution in [3.63, 3.8) is 0 Å². The molecule has 3 aromatic heterocycles. The van der Waals surface area contributed by atoms with Gasteiger partial charge in [0.15, 0.2) is 11.3 Å². The van der Waals surface area contributed by atoms with Gasteiger partial charge >= 0.3 is 0 Å². The van der Waals surface area contributed by atoms with Gasteiger partial charge in [-0.3, -0.25) is 4.79 Å². The van der Waals surface area contributed by atoms with Crippen molar-refractivity contribution in [1.29, 1.82) is 0 Å². The quantitative estimate of drug-likeness (QED) is 0.726. The number of hydrogen-bond acceptors (Lipinski definition) is 4. The molecule has 1 fully saturated rings. The monoisotopic (exact) mass is 324 g/mol. The summed E-state index contributed by atoms with van der Waals surface area (Å²) in [5, 5.41) is 0. The number of pyridine rings is 1. The van der Waals surface area contributed by atoms with Gasteiger partial charge in [-0.1, -0.05) is 0 Å². The predicted octanol–water partition coefficient (Wildman–Crippen LogP) is 3.12. The fourth-order valence-corrected chi connectivity index (χ4v) is 3.43. The molecule has 124 valence electrons. The van der Waals surface area contributed by atoms with Crippen LogP contribution in [0.25, 0.3) is 11.1 Å². The summed E-state index contributed by atoms with van der Waals surface area (Å²) < 4.78 is 7.87. The summed E-state index contributed by atoms with van der Waals surface area (Å²) >= 11 is 0. The number of carbonyl (C=O) groups excluding carboxylic acids is 1. The lowest BCUT2D eigenvalue weighted by Gasteiger charge is -2.33. The average Bonchev–Trinajstić information content (AvgIpc) is 3.20. The minimum atomic E-state index is -0.0619. The third-order valence-electron chi connectivity index (χ3n) is 4.66. The second kappa shape index (κ2) is 5.78. The Morgan fingerprint density at radius 1 is 1.33 bits per heavy atom. The number of imidazole rings is 1. The van der Waals surface area contributed by atoms with Crippen LogP contribution in [0.15, 0.2) is 35.0 Å². The third-order valence-corrected chi connectivity index (χ3v) is 4.66. The van der Waals surface area contributed by atoms with Gasteiger partial charge in [0.2, 0.25) is 0 Å². The van der Waals surface area contributed by atoms with E-state index in [1.807, 2.05) is 43.3 Å². The van der Waals surface area contributed by atoms with Crippen LogP contribution in [-0.2, 0) is 0 Å². The number of aryl methyl sites for hydroxylation is 2. The van der Waals surface area contributed by atoms with Gasteiger partial charge < -0.3 is 13.9 Å². The first-order valence-electron chi connectivity index (χ1n) is 8.28. The van der Waals surface area contributed by atoms with Crippen LogP contribution in [0.1, 0.15) is 41.0 Å². The normalized spacial score (nSPS) is 18.2. The summed E-state index contributed by atoms with van der Waals surface area (Å²) in [6, 6.07) is 5.77. The van der Waals surface area contributed by atoms with Gasteiger partial charge in [-0.2, -0.15) is 0 Å². The van der Waals surface area contributed by atoms with E-state index < -0.39 is 0 Å². The number of rotatable bonds is 2. The molecular weight excluding hydrogens is 304 g/mol. The van der Waals surface area contributed by atoms with Crippen LogP contribution in [-0.4, -0.2) is 38.4 Å². The SMILES string of the molecule is Cc1ccc2oc(C(=O)N3CCC[C@@H](n4ccnc4C)C3)cc2n1. The Labute approximate surface area is 140 Å². The van der Waals surface area contributed by atoms with Gasteiger partial charge in [-0.05, 0) is 38.8 Å². The number of fused-ring (bicyclic) bond motifs is 1. The molecule has 0 aliphatic carbocycles. The van der Waals surface area contributed by atoms with Crippen molar-refractivity contribution in [3.05, 3.63) is 47.9 Å². The first-order valence-corrected chi connectivity index (χ1v) is 8.28. The zero-order valence-corrected chi connectivity index (χ0v) is 13.9. The van der Waals surface area contributed by atoms with Crippen LogP contribution in [0, 0.1) is 13.8 Å². The van der Waals surface area contributed by atoms with Crippen molar-refractivity contribution >= 4 is 17.0 Å². The molecule has 24 heavy (non-hydrogen) atoms. The molecule has 0 spiro atoms. The molecule has 1 saturated heterocycles. The molecule has 0 bridgehead atoms. The van der Waals surface area contributed by atoms with E-state index in [0.29, 0.717) is 17.9 Å². The highest BCUT2D eigenvalue weighted by atomic mass is 16.3. The summed E-state index contributed by atoms with van der Waals surface area (Å²) in [6.45, 7) is 5.36. The Morgan fingerprint density at radius 3 is 3.00 bits per heavy atom. The summed E-state index contributed by atoms with van der Waals surface area (Å²) in [5.74, 6) is 1.29. The van der Waals surface area contributed by atoms with E-state index in [2.05, 4.69) is 14.5 Å². The Morgan fingerprint density at radius 2 is 2.21 bits per heavy atom. The van der Waals surface area contributed by atoms with E-state index in [1.165, 1.54) is 0 Å². The van der Waals surface area contributed by atoms with Crippen LogP contribution in [0.5, 0.6) is 0 Å². The summed E-state index contributed by atoms with van der Waals surface area (Å²) in [4.78, 5) is 23.4. The first kappa shape index (κ1) is 14.9. The topological polar surface area (TPSA) is 64.2 Å². The second-order valence-corrected chi connectivity index (χ2v) is 6.38. The average molecular weight is 324 g/mol. The maximum atomic E-state index is 12.8. The minimum absolute atomic E-state index is 0.0619. The highest BCUT2D eigenvalue weighted by Gasteiger charge is 2.28. The van der Waals surface area contributed by atoms with E-state index in [9.17, 15) is 4.79 Å². The van der Waals surface area contributed by atoms with Gasteiger partial charge in [-0.15, -0.1) is 0 Å². The van der Waals surface area contributed by atoms with Crippen molar-refractivity contribution in [2.45, 2.75) is 32.7 Å². The molecule has 0 unspecified atom stereocenters. The second-order valence-electron chi connectivity index (χ2n) is 6.38. The molecule has 4 heterocycles. The van der Waals surface area contributed by atoms with Crippen LogP contribution in [0.2, 0.25) is 0 Å². The Balaban J connectivity index is 1.57. The lowest BCUT2D eigenvalue weighted by Crippen LogP contribution is -2.40. The van der Waals surface area contributed by atoms with Crippen molar-refractivity contribution < 1.29 is 9.21 Å². The number of aromatic nitrogens is 3. The number of likely N-dealkylation sites (tertiary alicyclic amines) is 1. The first-order chi connectivity index (χ1) is 11.6. The van der Waals surface area contributed by atoms with Crippen molar-refractivity contribution in [1.82, 2.24) is 19.4 Å². The molecule has 1 aliphatic heterocycles. The van der Waals surface area contributed by atoms with Gasteiger partial charge in [0, 0.05) is 37.2 Å². The van der Waals surface area contributed by atoms with E-state index in [-0.39, 0.29) is 11.9 Å². The highest BCUT2D eigenvalue weighted by molar-refractivity contribution is 5.95. The highest BCUT2D eigenvalue weighted by Crippen LogP contribution is 2.25. The maximum absolute atomic E-state index is 12.8. The molecule has 3 aromatic rings. The predicted molar refractivity (Wildman–Crippen MR) is 89.9 cm³/mol. The molecule has 1 atom stereocenters. The van der Waals surface area contributed by atoms with Crippen molar-refractivity contribution in [2.24, 2.45) is 0 Å². The smallest absolute Gasteiger partial charge is 0.289 e. The van der Waals surface area contributed by atoms with Gasteiger partial charge in [0.05, 0.1) is 6.04 Å². The molecule has 0 saturated carbocycles. The number of piperidine rings is 1. The molecule has 0 radical (unpaired) electrons. The van der Waals surface area contributed by atoms with Gasteiger partial charge in [0.25, 0.3) is 5.91 Å². The Bertz CT molecular complexity index is 895. The minimum Gasteiger partial charge on any atom is -0.449 e. The Hall–Kier alpha value is -2.63. The zero-order chi connectivity index (χ0) is 16.7. The van der Waals surface area contributed by atoms with Crippen LogP contribution in [0.3, 0.4) is 0 Å². The molecule has 6 nitrogen and oxygen atoms in total. The third kappa shape index (κ3) is 2.58. The molecule has 0 N–H and O–H groups in total. The molecular formula is C18H20N4O2. The van der Waals surface area contributed by atoms with E-state index in [0.717, 1.165) is 36.4 Å². The van der Waals surface area contributed by atoms with E-state index >= 15 is 0 Å². The molecule has 6 heteroatoms. The van der Waals surface area contributed by atoms with Crippen molar-refractivity contribution in [2.75, 3.05) is 13.1 Å². The van der Waals surface area contributed by atoms with Crippen LogP contribution < -0.4 is 0 Å². The summed E-state index contributed by atoms with van der Waals surface area (Å²) in [6.07, 6.45) is 5.83. The molecule has 1 aliphatic rings. The lowest BCUT2D eigenvalue weighted by molar-refractivity contribution is 0.0648. The standard InChI is InChI=1S/C18H20N4O2/c1-12-5-6-16-15(20-12)10-17(24-16)18(23)21-8-3-4-14(11-21)22-9-7-19-13(22)2/h5-7,9-10,14H,3-4,8,11H2,1-2H3/t14-/m1/s1. The number of amides is 1. The van der Waals surface area contributed by atoms with E-state index in [4.69, 9.17) is 4.42 Å². The summed E-state index contributed by atoms with van der Waals surface area (Å²) in [7, 11) is 0. The van der Waals surface area contributed by atoms with Crippen LogP contribution in [0.4, 0.5) is 0 Å². The number of furan rings is 1. The fourth-order valence-electron chi connectivity index (χ4n) is 3.43. The number of nitrogens with zero attached hydrogens (tertiary/aromatic N) is 4. The largest absolute Gasteiger partial charge is 0.449 e. The Kier molecular flexibility index (Phi) is 3.59. The molecule has 0 aromatic carbocycles. The van der Waals surface area contributed by atoms with Gasteiger partial charge in [-0.25, -0.2) is 9.97 Å². The maximum Gasteiger partial charge on any atom is 0.289 e. The molecule has 4 rings (SSSR count). The van der Waals surface area contributed by atoms with Gasteiger partial charge in [0.1, 0.15) is 11.3 Å². The van der Waals surface area contributed by atoms with E-state index in [1.54, 1.807) is 6.07 Å². The lowest BCUT2D eigenvalue weighted by atomic mass is 10.1. The van der Waals surface area contributed by atoms with Crippen molar-refractivity contribution in [3.8, 4) is 0 Å². The fraction of sp³-hybridized carbons (Fsp3) is 0.389. The number of hydrogen-bond donors (Lipinski definition) is 0.